The van der Waals surface area contributed by atoms with Crippen molar-refractivity contribution in [3.05, 3.63) is 53.6 Å². The molecular formula is C16H16FN3O. The molecule has 0 bridgehead atoms. The highest BCUT2D eigenvalue weighted by molar-refractivity contribution is 5.72. The molecule has 0 radical (unpaired) electrons. The molecular weight excluding hydrogens is 269 g/mol. The molecule has 2 aromatic rings. The molecule has 21 heavy (non-hydrogen) atoms. The molecule has 0 spiro atoms. The van der Waals surface area contributed by atoms with E-state index in [1.807, 2.05) is 19.1 Å². The average molecular weight is 285 g/mol. The van der Waals surface area contributed by atoms with Gasteiger partial charge in [-0.1, -0.05) is 6.07 Å². The number of aromatic nitrogens is 1. The summed E-state index contributed by atoms with van der Waals surface area (Å²) in [4.78, 5) is 8.36. The second-order valence-corrected chi connectivity index (χ2v) is 5.11. The highest BCUT2D eigenvalue weighted by atomic mass is 19.1. The molecule has 1 atom stereocenters. The van der Waals surface area contributed by atoms with Gasteiger partial charge in [0.1, 0.15) is 5.82 Å². The second-order valence-electron chi connectivity index (χ2n) is 5.11. The summed E-state index contributed by atoms with van der Waals surface area (Å²) in [7, 11) is 0. The molecule has 1 unspecified atom stereocenters. The Morgan fingerprint density at radius 3 is 2.86 bits per heavy atom. The van der Waals surface area contributed by atoms with Crippen LogP contribution in [0.1, 0.15) is 23.6 Å². The van der Waals surface area contributed by atoms with Gasteiger partial charge in [0.05, 0.1) is 12.6 Å². The van der Waals surface area contributed by atoms with Gasteiger partial charge in [-0.15, -0.1) is 0 Å². The van der Waals surface area contributed by atoms with Gasteiger partial charge in [-0.2, -0.15) is 0 Å². The fourth-order valence-corrected chi connectivity index (χ4v) is 2.45. The van der Waals surface area contributed by atoms with Crippen LogP contribution in [0.15, 0.2) is 41.7 Å². The average Bonchev–Trinajstić information content (AvgIpc) is 2.47. The van der Waals surface area contributed by atoms with Gasteiger partial charge in [0, 0.05) is 29.9 Å². The van der Waals surface area contributed by atoms with Gasteiger partial charge in [-0.25, -0.2) is 9.38 Å². The second kappa shape index (κ2) is 5.52. The number of hydrogen-bond donors (Lipinski definition) is 1. The molecule has 0 amide bonds. The van der Waals surface area contributed by atoms with E-state index in [0.29, 0.717) is 18.6 Å². The quantitative estimate of drug-likeness (QED) is 0.922. The molecule has 4 nitrogen and oxygen atoms in total. The molecule has 1 aromatic carbocycles. The molecule has 0 saturated heterocycles. The normalized spacial score (nSPS) is 18.0. The molecule has 108 valence electrons. The fraction of sp³-hybridized carbons (Fsp3) is 0.250. The first-order chi connectivity index (χ1) is 10.1. The lowest BCUT2D eigenvalue weighted by molar-refractivity contribution is 0.255. The smallest absolute Gasteiger partial charge is 0.282 e. The number of nitrogens with two attached hydrogens (primary N) is 1. The molecule has 1 aliphatic heterocycles. The predicted octanol–water partition coefficient (Wildman–Crippen LogP) is 2.97. The van der Waals surface area contributed by atoms with Crippen molar-refractivity contribution >= 4 is 6.02 Å². The van der Waals surface area contributed by atoms with Gasteiger partial charge in [0.15, 0.2) is 0 Å². The van der Waals surface area contributed by atoms with Gasteiger partial charge in [0.25, 0.3) is 6.02 Å². The number of hydrogen-bond acceptors (Lipinski definition) is 4. The van der Waals surface area contributed by atoms with E-state index >= 15 is 0 Å². The standard InChI is InChI=1S/C16H16FN3O/c1-10-6-12(9-19-8-10)11-2-3-14(17)13(7-11)15-4-5-21-16(18)20-15/h2-3,6-9,15H,4-5H2,1H3,(H2,18,20). The molecule has 2 heterocycles. The summed E-state index contributed by atoms with van der Waals surface area (Å²) >= 11 is 0. The lowest BCUT2D eigenvalue weighted by Gasteiger charge is -2.20. The lowest BCUT2D eigenvalue weighted by atomic mass is 9.97. The SMILES string of the molecule is Cc1cncc(-c2ccc(F)c(C3CCOC(N)=N3)c2)c1. The first-order valence-corrected chi connectivity index (χ1v) is 6.81. The molecule has 1 aliphatic rings. The number of ether oxygens (including phenoxy) is 1. The molecule has 3 rings (SSSR count). The maximum Gasteiger partial charge on any atom is 0.282 e. The highest BCUT2D eigenvalue weighted by Crippen LogP contribution is 2.30. The van der Waals surface area contributed by atoms with E-state index in [4.69, 9.17) is 10.5 Å². The molecule has 5 heteroatoms. The Balaban J connectivity index is 2.02. The Morgan fingerprint density at radius 2 is 2.10 bits per heavy atom. The first-order valence-electron chi connectivity index (χ1n) is 6.81. The predicted molar refractivity (Wildman–Crippen MR) is 79.3 cm³/mol. The molecule has 0 aliphatic carbocycles. The number of benzene rings is 1. The Morgan fingerprint density at radius 1 is 1.24 bits per heavy atom. The van der Waals surface area contributed by atoms with Crippen LogP contribution in [0.25, 0.3) is 11.1 Å². The third kappa shape index (κ3) is 2.86. The summed E-state index contributed by atoms with van der Waals surface area (Å²) in [6.45, 7) is 2.43. The van der Waals surface area contributed by atoms with E-state index < -0.39 is 0 Å². The van der Waals surface area contributed by atoms with Crippen molar-refractivity contribution in [2.75, 3.05) is 6.61 Å². The van der Waals surface area contributed by atoms with Crippen molar-refractivity contribution in [3.63, 3.8) is 0 Å². The van der Waals surface area contributed by atoms with Crippen LogP contribution < -0.4 is 5.73 Å². The maximum atomic E-state index is 14.1. The van der Waals surface area contributed by atoms with Gasteiger partial charge in [0.2, 0.25) is 0 Å². The number of nitrogens with zero attached hydrogens (tertiary/aromatic N) is 2. The Bertz CT molecular complexity index is 700. The molecule has 0 fully saturated rings. The topological polar surface area (TPSA) is 60.5 Å². The largest absolute Gasteiger partial charge is 0.465 e. The minimum absolute atomic E-state index is 0.119. The highest BCUT2D eigenvalue weighted by Gasteiger charge is 2.20. The van der Waals surface area contributed by atoms with Gasteiger partial charge in [-0.3, -0.25) is 4.98 Å². The van der Waals surface area contributed by atoms with Crippen molar-refractivity contribution in [1.29, 1.82) is 0 Å². The third-order valence-electron chi connectivity index (χ3n) is 3.49. The Kier molecular flexibility index (Phi) is 3.56. The van der Waals surface area contributed by atoms with E-state index in [9.17, 15) is 4.39 Å². The van der Waals surface area contributed by atoms with E-state index in [1.165, 1.54) is 6.07 Å². The molecule has 0 saturated carbocycles. The monoisotopic (exact) mass is 285 g/mol. The Labute approximate surface area is 122 Å². The van der Waals surface area contributed by atoms with Crippen molar-refractivity contribution in [3.8, 4) is 11.1 Å². The van der Waals surface area contributed by atoms with Crippen molar-refractivity contribution in [2.45, 2.75) is 19.4 Å². The number of rotatable bonds is 2. The van der Waals surface area contributed by atoms with Crippen LogP contribution >= 0.6 is 0 Å². The summed E-state index contributed by atoms with van der Waals surface area (Å²) in [6.07, 6.45) is 4.18. The van der Waals surface area contributed by atoms with Crippen molar-refractivity contribution < 1.29 is 9.13 Å². The number of pyridine rings is 1. The summed E-state index contributed by atoms with van der Waals surface area (Å²) < 4.78 is 19.2. The van der Waals surface area contributed by atoms with Crippen LogP contribution in [-0.2, 0) is 4.74 Å². The summed E-state index contributed by atoms with van der Waals surface area (Å²) in [5.74, 6) is -0.275. The zero-order chi connectivity index (χ0) is 14.8. The van der Waals surface area contributed by atoms with E-state index in [2.05, 4.69) is 9.98 Å². The van der Waals surface area contributed by atoms with Gasteiger partial charge < -0.3 is 10.5 Å². The zero-order valence-electron chi connectivity index (χ0n) is 11.7. The number of amidine groups is 1. The third-order valence-corrected chi connectivity index (χ3v) is 3.49. The number of halogens is 1. The van der Waals surface area contributed by atoms with Gasteiger partial charge >= 0.3 is 0 Å². The zero-order valence-corrected chi connectivity index (χ0v) is 11.7. The van der Waals surface area contributed by atoms with Crippen LogP contribution in [0.3, 0.4) is 0 Å². The van der Waals surface area contributed by atoms with E-state index in [-0.39, 0.29) is 17.9 Å². The first kappa shape index (κ1) is 13.5. The van der Waals surface area contributed by atoms with E-state index in [0.717, 1.165) is 16.7 Å². The van der Waals surface area contributed by atoms with E-state index in [1.54, 1.807) is 18.5 Å². The minimum atomic E-state index is -0.295. The number of aliphatic imine (C=N–C) groups is 1. The summed E-state index contributed by atoms with van der Waals surface area (Å²) in [5.41, 5.74) is 9.06. The Hall–Kier alpha value is -2.43. The van der Waals surface area contributed by atoms with Gasteiger partial charge in [-0.05, 0) is 36.2 Å². The van der Waals surface area contributed by atoms with Crippen LogP contribution in [0.5, 0.6) is 0 Å². The van der Waals surface area contributed by atoms with Crippen LogP contribution in [0.4, 0.5) is 4.39 Å². The van der Waals surface area contributed by atoms with Crippen LogP contribution in [0.2, 0.25) is 0 Å². The maximum absolute atomic E-state index is 14.1. The van der Waals surface area contributed by atoms with Crippen molar-refractivity contribution in [2.24, 2.45) is 10.7 Å². The summed E-state index contributed by atoms with van der Waals surface area (Å²) in [5, 5.41) is 0. The summed E-state index contributed by atoms with van der Waals surface area (Å²) in [6, 6.07) is 6.88. The molecule has 1 aromatic heterocycles. The fourth-order valence-electron chi connectivity index (χ4n) is 2.45. The van der Waals surface area contributed by atoms with Crippen molar-refractivity contribution in [1.82, 2.24) is 4.98 Å². The molecule has 2 N–H and O–H groups in total. The number of aryl methyl sites for hydroxylation is 1. The minimum Gasteiger partial charge on any atom is -0.465 e. The lowest BCUT2D eigenvalue weighted by Crippen LogP contribution is -2.24. The van der Waals surface area contributed by atoms with Crippen LogP contribution in [-0.4, -0.2) is 17.6 Å². The van der Waals surface area contributed by atoms with Crippen LogP contribution in [0, 0.1) is 12.7 Å².